The summed E-state index contributed by atoms with van der Waals surface area (Å²) in [5.41, 5.74) is 1.63. The zero-order valence-electron chi connectivity index (χ0n) is 15.9. The maximum atomic E-state index is 13.3. The molecular weight excluding hydrogens is 407 g/mol. The number of amides is 1. The van der Waals surface area contributed by atoms with Gasteiger partial charge in [0.25, 0.3) is 5.91 Å². The lowest BCUT2D eigenvalue weighted by molar-refractivity contribution is 0.0782. The van der Waals surface area contributed by atoms with E-state index in [1.165, 1.54) is 0 Å². The summed E-state index contributed by atoms with van der Waals surface area (Å²) in [4.78, 5) is 14.9. The number of likely N-dealkylation sites (N-methyl/N-ethyl adjacent to an activating group) is 1. The third kappa shape index (κ3) is 4.54. The number of rotatable bonds is 6. The summed E-state index contributed by atoms with van der Waals surface area (Å²) < 4.78 is 0. The van der Waals surface area contributed by atoms with Gasteiger partial charge in [0.1, 0.15) is 0 Å². The lowest BCUT2D eigenvalue weighted by atomic mass is 9.94. The average molecular weight is 427 g/mol. The van der Waals surface area contributed by atoms with E-state index in [0.29, 0.717) is 34.1 Å². The van der Waals surface area contributed by atoms with Crippen LogP contribution in [0.5, 0.6) is 0 Å². The van der Waals surface area contributed by atoms with Gasteiger partial charge in [0, 0.05) is 26.1 Å². The highest BCUT2D eigenvalue weighted by atomic mass is 35.5. The summed E-state index contributed by atoms with van der Waals surface area (Å²) in [6.45, 7) is 0.343. The molecule has 148 valence electrons. The monoisotopic (exact) mass is 426 g/mol. The molecule has 1 amide bonds. The molecule has 4 nitrogen and oxygen atoms in total. The topological polar surface area (TPSA) is 64.3 Å². The molecule has 0 saturated heterocycles. The number of halogens is 2. The Kier molecular flexibility index (Phi) is 6.76. The van der Waals surface area contributed by atoms with E-state index in [1.54, 1.807) is 30.1 Å². The predicted molar refractivity (Wildman–Crippen MR) is 117 cm³/mol. The summed E-state index contributed by atoms with van der Waals surface area (Å²) in [6, 6.07) is 18.5. The first kappa shape index (κ1) is 21.1. The average Bonchev–Trinajstić information content (AvgIpc) is 2.73. The predicted octanol–water partition coefficient (Wildman–Crippen LogP) is 5.26. The molecule has 0 radical (unpaired) electrons. The van der Waals surface area contributed by atoms with Gasteiger partial charge in [-0.3, -0.25) is 4.79 Å². The minimum absolute atomic E-state index is 0.0232. The Labute approximate surface area is 179 Å². The molecule has 0 spiro atoms. The first-order chi connectivity index (χ1) is 14.0. The van der Waals surface area contributed by atoms with Gasteiger partial charge in [-0.05, 0) is 41.0 Å². The highest BCUT2D eigenvalue weighted by Crippen LogP contribution is 2.29. The van der Waals surface area contributed by atoms with Crippen LogP contribution in [-0.2, 0) is 0 Å². The van der Waals surface area contributed by atoms with Gasteiger partial charge in [0.05, 0.1) is 27.2 Å². The maximum Gasteiger partial charge on any atom is 0.255 e. The van der Waals surface area contributed by atoms with Crippen LogP contribution in [0.25, 0.3) is 10.8 Å². The minimum Gasteiger partial charge on any atom is -0.396 e. The zero-order valence-corrected chi connectivity index (χ0v) is 17.4. The summed E-state index contributed by atoms with van der Waals surface area (Å²) >= 11 is 12.2. The first-order valence-electron chi connectivity index (χ1n) is 9.19. The third-order valence-corrected chi connectivity index (χ3v) is 5.74. The fourth-order valence-corrected chi connectivity index (χ4v) is 3.79. The highest BCUT2D eigenvalue weighted by Gasteiger charge is 2.23. The maximum absolute atomic E-state index is 13.3. The number of fused-ring (bicyclic) bond motifs is 1. The van der Waals surface area contributed by atoms with Crippen molar-refractivity contribution in [1.29, 1.82) is 5.26 Å². The summed E-state index contributed by atoms with van der Waals surface area (Å²) in [5, 5.41) is 21.6. The lowest BCUT2D eigenvalue weighted by Crippen LogP contribution is -2.32. The number of hydrogen-bond donors (Lipinski definition) is 1. The van der Waals surface area contributed by atoms with Gasteiger partial charge in [0.15, 0.2) is 0 Å². The molecule has 0 unspecified atom stereocenters. The van der Waals surface area contributed by atoms with Gasteiger partial charge in [-0.1, -0.05) is 59.6 Å². The Morgan fingerprint density at radius 1 is 1.14 bits per heavy atom. The molecule has 0 aliphatic heterocycles. The van der Waals surface area contributed by atoms with Crippen LogP contribution in [0.15, 0.2) is 54.6 Å². The summed E-state index contributed by atoms with van der Waals surface area (Å²) in [5.74, 6) is -0.356. The van der Waals surface area contributed by atoms with Crippen molar-refractivity contribution in [3.63, 3.8) is 0 Å². The number of benzene rings is 3. The molecule has 3 rings (SSSR count). The van der Waals surface area contributed by atoms with E-state index in [9.17, 15) is 15.2 Å². The number of carbonyl (C=O) groups is 1. The number of nitrogens with zero attached hydrogens (tertiary/aromatic N) is 2. The highest BCUT2D eigenvalue weighted by molar-refractivity contribution is 6.42. The van der Waals surface area contributed by atoms with Gasteiger partial charge < -0.3 is 10.0 Å². The lowest BCUT2D eigenvalue weighted by Gasteiger charge is -2.25. The van der Waals surface area contributed by atoms with Crippen molar-refractivity contribution in [2.45, 2.75) is 12.3 Å². The number of carbonyl (C=O) groups excluding carboxylic acids is 1. The number of aliphatic hydroxyl groups excluding tert-OH is 1. The number of hydrogen-bond acceptors (Lipinski definition) is 3. The number of nitriles is 1. The van der Waals surface area contributed by atoms with Crippen molar-refractivity contribution in [1.82, 2.24) is 4.90 Å². The fourth-order valence-electron chi connectivity index (χ4n) is 3.48. The van der Waals surface area contributed by atoms with E-state index < -0.39 is 0 Å². The second-order valence-electron chi connectivity index (χ2n) is 6.89. The quantitative estimate of drug-likeness (QED) is 0.584. The van der Waals surface area contributed by atoms with E-state index in [0.717, 1.165) is 16.3 Å². The molecule has 0 bridgehead atoms. The fraction of sp³-hybridized carbons (Fsp3) is 0.217. The van der Waals surface area contributed by atoms with Crippen LogP contribution in [0.2, 0.25) is 10.0 Å². The van der Waals surface area contributed by atoms with Gasteiger partial charge in [-0.15, -0.1) is 0 Å². The Morgan fingerprint density at radius 2 is 1.90 bits per heavy atom. The van der Waals surface area contributed by atoms with Crippen molar-refractivity contribution in [3.8, 4) is 6.07 Å². The van der Waals surface area contributed by atoms with Crippen molar-refractivity contribution >= 4 is 39.9 Å². The van der Waals surface area contributed by atoms with Gasteiger partial charge in [0.2, 0.25) is 0 Å². The van der Waals surface area contributed by atoms with Crippen LogP contribution >= 0.6 is 23.2 Å². The molecule has 0 aliphatic carbocycles. The van der Waals surface area contributed by atoms with Crippen LogP contribution in [0.4, 0.5) is 0 Å². The molecule has 6 heteroatoms. The first-order valence-corrected chi connectivity index (χ1v) is 9.95. The van der Waals surface area contributed by atoms with Crippen LogP contribution in [0.3, 0.4) is 0 Å². The molecule has 1 N–H and O–H groups in total. The van der Waals surface area contributed by atoms with Crippen LogP contribution < -0.4 is 0 Å². The van der Waals surface area contributed by atoms with E-state index >= 15 is 0 Å². The standard InChI is InChI=1S/C23H20Cl2N2O2/c1-27(14-18(10-11-28)16-8-9-20(24)21(25)12-16)23(29)22-17(13-26)7-6-15-4-2-3-5-19(15)22/h2-9,12,18,28H,10-11,14H2,1H3/t18-/m1/s1. The largest absolute Gasteiger partial charge is 0.396 e. The number of aliphatic hydroxyl groups is 1. The van der Waals surface area contributed by atoms with E-state index in [4.69, 9.17) is 23.2 Å². The minimum atomic E-state index is -0.235. The second-order valence-corrected chi connectivity index (χ2v) is 7.70. The zero-order chi connectivity index (χ0) is 21.0. The Hall–Kier alpha value is -2.58. The second kappa shape index (κ2) is 9.28. The summed E-state index contributed by atoms with van der Waals surface area (Å²) in [6.07, 6.45) is 0.468. The van der Waals surface area contributed by atoms with Crippen molar-refractivity contribution < 1.29 is 9.90 Å². The normalized spacial score (nSPS) is 11.8. The van der Waals surface area contributed by atoms with E-state index in [2.05, 4.69) is 6.07 Å². The van der Waals surface area contributed by atoms with E-state index in [-0.39, 0.29) is 18.4 Å². The SMILES string of the molecule is CN(C[C@@H](CCO)c1ccc(Cl)c(Cl)c1)C(=O)c1c(C#N)ccc2ccccc12. The van der Waals surface area contributed by atoms with E-state index in [1.807, 2.05) is 36.4 Å². The summed E-state index contributed by atoms with van der Waals surface area (Å²) in [7, 11) is 1.70. The van der Waals surface area contributed by atoms with Crippen molar-refractivity contribution in [3.05, 3.63) is 81.3 Å². The molecule has 0 aromatic heterocycles. The van der Waals surface area contributed by atoms with Gasteiger partial charge in [-0.25, -0.2) is 0 Å². The molecule has 0 heterocycles. The molecule has 0 fully saturated rings. The van der Waals surface area contributed by atoms with Crippen LogP contribution in [0.1, 0.15) is 33.8 Å². The van der Waals surface area contributed by atoms with Crippen molar-refractivity contribution in [2.75, 3.05) is 20.2 Å². The van der Waals surface area contributed by atoms with Crippen molar-refractivity contribution in [2.24, 2.45) is 0 Å². The Balaban J connectivity index is 1.94. The molecule has 1 atom stereocenters. The smallest absolute Gasteiger partial charge is 0.255 e. The molecule has 0 aliphatic rings. The molecule has 3 aromatic carbocycles. The molecule has 3 aromatic rings. The Morgan fingerprint density at radius 3 is 2.59 bits per heavy atom. The van der Waals surface area contributed by atoms with Gasteiger partial charge >= 0.3 is 0 Å². The van der Waals surface area contributed by atoms with Crippen LogP contribution in [0, 0.1) is 11.3 Å². The van der Waals surface area contributed by atoms with Crippen LogP contribution in [-0.4, -0.2) is 36.1 Å². The molecular formula is C23H20Cl2N2O2. The third-order valence-electron chi connectivity index (χ3n) is 5.00. The molecule has 0 saturated carbocycles. The van der Waals surface area contributed by atoms with Gasteiger partial charge in [-0.2, -0.15) is 5.26 Å². The Bertz CT molecular complexity index is 1090. The molecule has 29 heavy (non-hydrogen) atoms.